The van der Waals surface area contributed by atoms with E-state index in [0.717, 1.165) is 50.6 Å². The average Bonchev–Trinajstić information content (AvgIpc) is 2.88. The van der Waals surface area contributed by atoms with Gasteiger partial charge in [0.2, 0.25) is 0 Å². The van der Waals surface area contributed by atoms with Crippen LogP contribution in [0.15, 0.2) is 4.99 Å². The summed E-state index contributed by atoms with van der Waals surface area (Å²) in [6.07, 6.45) is 7.80. The molecule has 8 heteroatoms. The van der Waals surface area contributed by atoms with Crippen molar-refractivity contribution in [2.24, 2.45) is 10.4 Å². The Hall–Kier alpha value is -0.900. The van der Waals surface area contributed by atoms with Crippen LogP contribution in [-0.4, -0.2) is 53.1 Å². The Bertz CT molecular complexity index is 674. The Labute approximate surface area is 186 Å². The Morgan fingerprint density at radius 3 is 2.71 bits per heavy atom. The number of hydrogen-bond donors (Lipinski definition) is 2. The molecule has 2 unspecified atom stereocenters. The van der Waals surface area contributed by atoms with Crippen molar-refractivity contribution in [3.05, 3.63) is 11.6 Å². The lowest BCUT2D eigenvalue weighted by molar-refractivity contribution is -0.176. The number of aryl methyl sites for hydroxylation is 2. The molecule has 0 spiro atoms. The third kappa shape index (κ3) is 4.63. The second kappa shape index (κ2) is 9.73. The topological polar surface area (TPSA) is 76.4 Å². The molecule has 1 aliphatic carbocycles. The Kier molecular flexibility index (Phi) is 8.13. The van der Waals surface area contributed by atoms with E-state index < -0.39 is 0 Å². The van der Waals surface area contributed by atoms with Crippen molar-refractivity contribution >= 4 is 29.9 Å². The van der Waals surface area contributed by atoms with E-state index in [9.17, 15) is 0 Å². The third-order valence-corrected chi connectivity index (χ3v) is 6.87. The van der Waals surface area contributed by atoms with Crippen molar-refractivity contribution in [3.8, 4) is 0 Å². The lowest BCUT2D eigenvalue weighted by atomic mass is 9.56. The second-order valence-corrected chi connectivity index (χ2v) is 8.66. The number of hydrogen-bond acceptors (Lipinski definition) is 4. The van der Waals surface area contributed by atoms with Crippen LogP contribution in [-0.2, 0) is 24.1 Å². The van der Waals surface area contributed by atoms with E-state index in [1.54, 1.807) is 7.11 Å². The molecule has 28 heavy (non-hydrogen) atoms. The second-order valence-electron chi connectivity index (χ2n) is 8.66. The average molecular weight is 504 g/mol. The number of nitrogens with one attached hydrogen (secondary N) is 2. The SMILES string of the molecule is CN=C(NCCCc1nnc2n1CCCCC2)NC1CC(C)(OC)C1(C)C.I. The van der Waals surface area contributed by atoms with Crippen LogP contribution in [0.4, 0.5) is 0 Å². The van der Waals surface area contributed by atoms with Crippen LogP contribution in [0.25, 0.3) is 0 Å². The van der Waals surface area contributed by atoms with Gasteiger partial charge in [-0.05, 0) is 32.6 Å². The number of aromatic nitrogens is 3. The molecule has 1 aromatic heterocycles. The van der Waals surface area contributed by atoms with Crippen molar-refractivity contribution in [1.29, 1.82) is 0 Å². The molecule has 160 valence electrons. The predicted octanol–water partition coefficient (Wildman–Crippen LogP) is 2.92. The maximum atomic E-state index is 5.71. The van der Waals surface area contributed by atoms with Crippen LogP contribution in [0.1, 0.15) is 64.5 Å². The van der Waals surface area contributed by atoms with Gasteiger partial charge in [-0.15, -0.1) is 34.2 Å². The zero-order chi connectivity index (χ0) is 19.5. The van der Waals surface area contributed by atoms with Crippen LogP contribution in [0.2, 0.25) is 0 Å². The molecule has 0 aromatic carbocycles. The Balaban J connectivity index is 0.00000280. The van der Waals surface area contributed by atoms with Crippen molar-refractivity contribution in [1.82, 2.24) is 25.4 Å². The molecule has 0 radical (unpaired) electrons. The third-order valence-electron chi connectivity index (χ3n) is 6.87. The molecule has 2 N–H and O–H groups in total. The van der Waals surface area contributed by atoms with Gasteiger partial charge >= 0.3 is 0 Å². The maximum Gasteiger partial charge on any atom is 0.191 e. The lowest BCUT2D eigenvalue weighted by Crippen LogP contribution is -2.69. The van der Waals surface area contributed by atoms with Crippen LogP contribution >= 0.6 is 24.0 Å². The monoisotopic (exact) mass is 504 g/mol. The molecule has 0 bridgehead atoms. The van der Waals surface area contributed by atoms with Gasteiger partial charge in [0.1, 0.15) is 11.6 Å². The van der Waals surface area contributed by atoms with E-state index in [-0.39, 0.29) is 35.0 Å². The fraction of sp³-hybridized carbons (Fsp3) is 0.850. The molecule has 7 nitrogen and oxygen atoms in total. The summed E-state index contributed by atoms with van der Waals surface area (Å²) in [5, 5.41) is 15.8. The molecule has 0 saturated heterocycles. The van der Waals surface area contributed by atoms with Crippen LogP contribution < -0.4 is 10.6 Å². The number of nitrogens with zero attached hydrogens (tertiary/aromatic N) is 4. The minimum atomic E-state index is -0.0744. The van der Waals surface area contributed by atoms with Gasteiger partial charge in [0.05, 0.1) is 5.60 Å². The van der Waals surface area contributed by atoms with Crippen LogP contribution in [0.3, 0.4) is 0 Å². The van der Waals surface area contributed by atoms with Gasteiger partial charge in [-0.3, -0.25) is 4.99 Å². The fourth-order valence-electron chi connectivity index (χ4n) is 4.27. The molecule has 1 aliphatic heterocycles. The molecule has 3 rings (SSSR count). The normalized spacial score (nSPS) is 26.5. The van der Waals surface area contributed by atoms with Crippen molar-refractivity contribution < 1.29 is 4.74 Å². The molecular weight excluding hydrogens is 467 g/mol. The summed E-state index contributed by atoms with van der Waals surface area (Å²) >= 11 is 0. The van der Waals surface area contributed by atoms with Gasteiger partial charge in [-0.2, -0.15) is 0 Å². The van der Waals surface area contributed by atoms with Crippen molar-refractivity contribution in [2.75, 3.05) is 20.7 Å². The number of rotatable bonds is 6. The zero-order valence-electron chi connectivity index (χ0n) is 18.0. The molecule has 1 fully saturated rings. The molecular formula is C20H37IN6O. The van der Waals surface area contributed by atoms with E-state index >= 15 is 0 Å². The molecule has 1 saturated carbocycles. The van der Waals surface area contributed by atoms with E-state index in [4.69, 9.17) is 4.74 Å². The summed E-state index contributed by atoms with van der Waals surface area (Å²) in [6, 6.07) is 0.362. The molecule has 2 aliphatic rings. The number of ether oxygens (including phenoxy) is 1. The highest BCUT2D eigenvalue weighted by atomic mass is 127. The molecule has 0 amide bonds. The number of halogens is 1. The smallest absolute Gasteiger partial charge is 0.191 e. The van der Waals surface area contributed by atoms with Crippen molar-refractivity contribution in [3.63, 3.8) is 0 Å². The number of fused-ring (bicyclic) bond motifs is 1. The Morgan fingerprint density at radius 2 is 2.04 bits per heavy atom. The Morgan fingerprint density at radius 1 is 1.25 bits per heavy atom. The molecule has 1 aromatic rings. The highest BCUT2D eigenvalue weighted by molar-refractivity contribution is 14.0. The van der Waals surface area contributed by atoms with Crippen molar-refractivity contribution in [2.45, 2.75) is 83.9 Å². The van der Waals surface area contributed by atoms with Crippen LogP contribution in [0.5, 0.6) is 0 Å². The number of aliphatic imine (C=N–C) groups is 1. The fourth-order valence-corrected chi connectivity index (χ4v) is 4.27. The molecule has 2 heterocycles. The summed E-state index contributed by atoms with van der Waals surface area (Å²) in [6.45, 7) is 8.63. The largest absolute Gasteiger partial charge is 0.378 e. The highest BCUT2D eigenvalue weighted by Gasteiger charge is 2.58. The summed E-state index contributed by atoms with van der Waals surface area (Å²) in [5.41, 5.74) is -0.00649. The predicted molar refractivity (Wildman–Crippen MR) is 123 cm³/mol. The minimum Gasteiger partial charge on any atom is -0.378 e. The number of guanidine groups is 1. The van der Waals surface area contributed by atoms with E-state index in [0.29, 0.717) is 6.04 Å². The first-order valence-corrected chi connectivity index (χ1v) is 10.3. The quantitative estimate of drug-likeness (QED) is 0.270. The first-order valence-electron chi connectivity index (χ1n) is 10.3. The van der Waals surface area contributed by atoms with E-state index in [1.807, 2.05) is 7.05 Å². The summed E-state index contributed by atoms with van der Waals surface area (Å²) in [7, 11) is 3.63. The van der Waals surface area contributed by atoms with Gasteiger partial charge in [0, 0.05) is 51.5 Å². The summed E-state index contributed by atoms with van der Waals surface area (Å²) in [5.74, 6) is 3.17. The van der Waals surface area contributed by atoms with Gasteiger partial charge in [-0.25, -0.2) is 0 Å². The first-order chi connectivity index (χ1) is 12.9. The van der Waals surface area contributed by atoms with Gasteiger partial charge in [0.25, 0.3) is 0 Å². The maximum absolute atomic E-state index is 5.71. The van der Waals surface area contributed by atoms with Gasteiger partial charge < -0.3 is 19.9 Å². The minimum absolute atomic E-state index is 0. The zero-order valence-corrected chi connectivity index (χ0v) is 20.4. The lowest BCUT2D eigenvalue weighted by Gasteiger charge is -2.59. The highest BCUT2D eigenvalue weighted by Crippen LogP contribution is 2.51. The van der Waals surface area contributed by atoms with Gasteiger partial charge in [-0.1, -0.05) is 20.3 Å². The summed E-state index contributed by atoms with van der Waals surface area (Å²) in [4.78, 5) is 4.39. The number of methoxy groups -OCH3 is 1. The van der Waals surface area contributed by atoms with Crippen LogP contribution in [0, 0.1) is 5.41 Å². The standard InChI is InChI=1S/C20H36N6O.HI/c1-19(2)15(14-20(19,3)27-5)23-18(21-4)22-12-9-11-17-25-24-16-10-7-6-8-13-26(16)17;/h15H,6-14H2,1-5H3,(H2,21,22,23);1H. The summed E-state index contributed by atoms with van der Waals surface area (Å²) < 4.78 is 8.05. The first kappa shape index (κ1) is 23.4. The van der Waals surface area contributed by atoms with Gasteiger partial charge in [0.15, 0.2) is 5.96 Å². The molecule has 2 atom stereocenters. The van der Waals surface area contributed by atoms with E-state index in [1.165, 1.54) is 25.1 Å². The van der Waals surface area contributed by atoms with E-state index in [2.05, 4.69) is 51.2 Å².